The van der Waals surface area contributed by atoms with Crippen LogP contribution >= 0.6 is 0 Å². The second kappa shape index (κ2) is 5.87. The summed E-state index contributed by atoms with van der Waals surface area (Å²) in [5, 5.41) is 3.55. The number of nitrogens with one attached hydrogen (secondary N) is 2. The molecular formula is C15H18N2O4. The summed E-state index contributed by atoms with van der Waals surface area (Å²) in [5.74, 6) is -0.529. The number of aromatic nitrogens is 1. The predicted octanol–water partition coefficient (Wildman–Crippen LogP) is 2.00. The summed E-state index contributed by atoms with van der Waals surface area (Å²) in [6.45, 7) is 1.61. The lowest BCUT2D eigenvalue weighted by atomic mass is 9.92. The van der Waals surface area contributed by atoms with Crippen LogP contribution in [-0.2, 0) is 20.7 Å². The Kier molecular flexibility index (Phi) is 4.16. The van der Waals surface area contributed by atoms with Crippen LogP contribution in [-0.4, -0.2) is 36.8 Å². The fourth-order valence-electron chi connectivity index (χ4n) is 2.33. The molecule has 1 heterocycles. The predicted molar refractivity (Wildman–Crippen MR) is 78.0 cm³/mol. The van der Waals surface area contributed by atoms with E-state index in [4.69, 9.17) is 4.74 Å². The SMILES string of the molecule is COC(=O)N[C@@](C)(Cc1c[nH]c2ccccc12)C(=O)OC. The normalized spacial score (nSPS) is 13.5. The Hall–Kier alpha value is -2.50. The molecule has 0 aliphatic rings. The monoisotopic (exact) mass is 290 g/mol. The maximum absolute atomic E-state index is 12.0. The van der Waals surface area contributed by atoms with Crippen molar-refractivity contribution in [2.45, 2.75) is 18.9 Å². The fourth-order valence-corrected chi connectivity index (χ4v) is 2.33. The van der Waals surface area contributed by atoms with Crippen molar-refractivity contribution in [3.63, 3.8) is 0 Å². The average molecular weight is 290 g/mol. The van der Waals surface area contributed by atoms with Crippen LogP contribution in [0.4, 0.5) is 4.79 Å². The Bertz CT molecular complexity index is 664. The van der Waals surface area contributed by atoms with Crippen molar-refractivity contribution >= 4 is 23.0 Å². The quantitative estimate of drug-likeness (QED) is 0.844. The molecule has 1 aromatic heterocycles. The topological polar surface area (TPSA) is 80.4 Å². The lowest BCUT2D eigenvalue weighted by molar-refractivity contribution is -0.147. The number of amides is 1. The number of benzene rings is 1. The van der Waals surface area contributed by atoms with Crippen LogP contribution in [0.2, 0.25) is 0 Å². The zero-order valence-electron chi connectivity index (χ0n) is 12.2. The summed E-state index contributed by atoms with van der Waals surface area (Å²) >= 11 is 0. The second-order valence-electron chi connectivity index (χ2n) is 4.98. The number of carbonyl (C=O) groups excluding carboxylic acids is 2. The minimum atomic E-state index is -1.20. The number of carbonyl (C=O) groups is 2. The number of para-hydroxylation sites is 1. The van der Waals surface area contributed by atoms with Crippen LogP contribution in [0.3, 0.4) is 0 Å². The van der Waals surface area contributed by atoms with Gasteiger partial charge < -0.3 is 19.8 Å². The summed E-state index contributed by atoms with van der Waals surface area (Å²) in [5.41, 5.74) is 0.681. The van der Waals surface area contributed by atoms with Gasteiger partial charge in [0, 0.05) is 23.5 Å². The van der Waals surface area contributed by atoms with Crippen molar-refractivity contribution in [2.24, 2.45) is 0 Å². The third kappa shape index (κ3) is 2.99. The number of aromatic amines is 1. The number of hydrogen-bond acceptors (Lipinski definition) is 4. The molecule has 112 valence electrons. The van der Waals surface area contributed by atoms with Crippen LogP contribution < -0.4 is 5.32 Å². The Labute approximate surface area is 122 Å². The van der Waals surface area contributed by atoms with Gasteiger partial charge in [0.15, 0.2) is 0 Å². The minimum Gasteiger partial charge on any atom is -0.467 e. The Morgan fingerprint density at radius 1 is 1.24 bits per heavy atom. The molecule has 6 nitrogen and oxygen atoms in total. The second-order valence-corrected chi connectivity index (χ2v) is 4.98. The van der Waals surface area contributed by atoms with E-state index in [9.17, 15) is 9.59 Å². The molecule has 0 radical (unpaired) electrons. The van der Waals surface area contributed by atoms with Crippen LogP contribution in [0, 0.1) is 0 Å². The van der Waals surface area contributed by atoms with E-state index < -0.39 is 17.6 Å². The molecule has 0 aliphatic heterocycles. The van der Waals surface area contributed by atoms with Gasteiger partial charge in [-0.2, -0.15) is 0 Å². The number of methoxy groups -OCH3 is 2. The van der Waals surface area contributed by atoms with Crippen molar-refractivity contribution in [3.05, 3.63) is 36.0 Å². The van der Waals surface area contributed by atoms with E-state index in [1.807, 2.05) is 30.5 Å². The van der Waals surface area contributed by atoms with Crippen molar-refractivity contribution in [3.8, 4) is 0 Å². The highest BCUT2D eigenvalue weighted by atomic mass is 16.5. The first-order valence-electron chi connectivity index (χ1n) is 6.49. The molecule has 2 aromatic rings. The Balaban J connectivity index is 2.34. The van der Waals surface area contributed by atoms with Gasteiger partial charge in [0.25, 0.3) is 0 Å². The minimum absolute atomic E-state index is 0.290. The van der Waals surface area contributed by atoms with E-state index in [1.54, 1.807) is 6.92 Å². The molecule has 1 amide bonds. The number of hydrogen-bond donors (Lipinski definition) is 2. The molecule has 0 saturated heterocycles. The highest BCUT2D eigenvalue weighted by molar-refractivity contribution is 5.88. The van der Waals surface area contributed by atoms with Gasteiger partial charge >= 0.3 is 12.1 Å². The first kappa shape index (κ1) is 14.9. The van der Waals surface area contributed by atoms with Crippen molar-refractivity contribution in [2.75, 3.05) is 14.2 Å². The summed E-state index contributed by atoms with van der Waals surface area (Å²) in [4.78, 5) is 26.7. The molecular weight excluding hydrogens is 272 g/mol. The van der Waals surface area contributed by atoms with Crippen molar-refractivity contribution in [1.29, 1.82) is 0 Å². The Morgan fingerprint density at radius 2 is 1.95 bits per heavy atom. The molecule has 6 heteroatoms. The standard InChI is InChI=1S/C15H18N2O4/c1-15(13(18)20-2,17-14(19)21-3)8-10-9-16-12-7-5-4-6-11(10)12/h4-7,9,16H,8H2,1-3H3,(H,17,19)/t15-/m0/s1. The molecule has 2 N–H and O–H groups in total. The van der Waals surface area contributed by atoms with Crippen molar-refractivity contribution in [1.82, 2.24) is 10.3 Å². The number of ether oxygens (including phenoxy) is 2. The summed E-state index contributed by atoms with van der Waals surface area (Å²) in [6.07, 6.45) is 1.44. The summed E-state index contributed by atoms with van der Waals surface area (Å²) in [6, 6.07) is 7.75. The molecule has 0 spiro atoms. The van der Waals surface area contributed by atoms with Gasteiger partial charge in [-0.3, -0.25) is 0 Å². The van der Waals surface area contributed by atoms with Gasteiger partial charge in [-0.25, -0.2) is 9.59 Å². The molecule has 0 fully saturated rings. The van der Waals surface area contributed by atoms with E-state index in [1.165, 1.54) is 14.2 Å². The highest BCUT2D eigenvalue weighted by Gasteiger charge is 2.37. The van der Waals surface area contributed by atoms with Gasteiger partial charge in [-0.05, 0) is 18.6 Å². The van der Waals surface area contributed by atoms with E-state index >= 15 is 0 Å². The number of rotatable bonds is 4. The summed E-state index contributed by atoms with van der Waals surface area (Å²) in [7, 11) is 2.54. The van der Waals surface area contributed by atoms with E-state index in [0.717, 1.165) is 16.5 Å². The third-order valence-corrected chi connectivity index (χ3v) is 3.42. The average Bonchev–Trinajstić information content (AvgIpc) is 2.89. The molecule has 1 aromatic carbocycles. The molecule has 21 heavy (non-hydrogen) atoms. The molecule has 1 atom stereocenters. The van der Waals surface area contributed by atoms with Crippen LogP contribution in [0.25, 0.3) is 10.9 Å². The number of alkyl carbamates (subject to hydrolysis) is 1. The number of H-pyrrole nitrogens is 1. The molecule has 0 unspecified atom stereocenters. The fraction of sp³-hybridized carbons (Fsp3) is 0.333. The van der Waals surface area contributed by atoms with E-state index in [0.29, 0.717) is 6.42 Å². The van der Waals surface area contributed by atoms with Gasteiger partial charge in [-0.1, -0.05) is 18.2 Å². The summed E-state index contributed by atoms with van der Waals surface area (Å²) < 4.78 is 9.38. The Morgan fingerprint density at radius 3 is 2.62 bits per heavy atom. The maximum atomic E-state index is 12.0. The maximum Gasteiger partial charge on any atom is 0.407 e. The molecule has 0 bridgehead atoms. The molecule has 0 aliphatic carbocycles. The van der Waals surface area contributed by atoms with E-state index in [2.05, 4.69) is 15.0 Å². The third-order valence-electron chi connectivity index (χ3n) is 3.42. The van der Waals surface area contributed by atoms with Gasteiger partial charge in [-0.15, -0.1) is 0 Å². The lowest BCUT2D eigenvalue weighted by Crippen LogP contribution is -2.54. The van der Waals surface area contributed by atoms with Crippen molar-refractivity contribution < 1.29 is 19.1 Å². The molecule has 0 saturated carbocycles. The number of fused-ring (bicyclic) bond motifs is 1. The zero-order chi connectivity index (χ0) is 15.5. The molecule has 2 rings (SSSR count). The van der Waals surface area contributed by atoms with E-state index in [-0.39, 0.29) is 0 Å². The van der Waals surface area contributed by atoms with Gasteiger partial charge in [0.2, 0.25) is 0 Å². The van der Waals surface area contributed by atoms with Crippen LogP contribution in [0.5, 0.6) is 0 Å². The van der Waals surface area contributed by atoms with Gasteiger partial charge in [0.1, 0.15) is 5.54 Å². The first-order valence-corrected chi connectivity index (χ1v) is 6.49. The highest BCUT2D eigenvalue weighted by Crippen LogP contribution is 2.23. The smallest absolute Gasteiger partial charge is 0.407 e. The van der Waals surface area contributed by atoms with Crippen LogP contribution in [0.15, 0.2) is 30.5 Å². The first-order chi connectivity index (χ1) is 10.00. The van der Waals surface area contributed by atoms with Crippen LogP contribution in [0.1, 0.15) is 12.5 Å². The van der Waals surface area contributed by atoms with Gasteiger partial charge in [0.05, 0.1) is 14.2 Å². The largest absolute Gasteiger partial charge is 0.467 e. The lowest BCUT2D eigenvalue weighted by Gasteiger charge is -2.27. The number of esters is 1. The zero-order valence-corrected chi connectivity index (χ0v) is 12.2.